The Morgan fingerprint density at radius 1 is 1.22 bits per heavy atom. The van der Waals surface area contributed by atoms with Gasteiger partial charge in [0.15, 0.2) is 11.9 Å². The quantitative estimate of drug-likeness (QED) is 0.663. The lowest BCUT2D eigenvalue weighted by Crippen LogP contribution is -2.43. The topological polar surface area (TPSA) is 79.5 Å². The molecule has 2 atom stereocenters. The van der Waals surface area contributed by atoms with Crippen LogP contribution in [0.3, 0.4) is 0 Å². The minimum atomic E-state index is -0.935. The first-order chi connectivity index (χ1) is 12.7. The summed E-state index contributed by atoms with van der Waals surface area (Å²) in [7, 11) is 0. The van der Waals surface area contributed by atoms with Crippen LogP contribution in [0.15, 0.2) is 24.3 Å². The number of H-pyrrole nitrogens is 1. The highest BCUT2D eigenvalue weighted by Crippen LogP contribution is 2.32. The lowest BCUT2D eigenvalue weighted by Gasteiger charge is -2.25. The Bertz CT molecular complexity index is 928. The molecule has 0 radical (unpaired) electrons. The van der Waals surface area contributed by atoms with E-state index in [0.29, 0.717) is 16.8 Å². The average Bonchev–Trinajstić information content (AvgIpc) is 3.09. The first kappa shape index (κ1) is 18.9. The summed E-state index contributed by atoms with van der Waals surface area (Å²) in [6.45, 7) is 8.44. The van der Waals surface area contributed by atoms with E-state index < -0.39 is 12.1 Å². The third-order valence-electron chi connectivity index (χ3n) is 5.07. The smallest absolute Gasteiger partial charge is 0.355 e. The van der Waals surface area contributed by atoms with Gasteiger partial charge in [0.05, 0.1) is 0 Å². The van der Waals surface area contributed by atoms with E-state index in [0.717, 1.165) is 17.7 Å². The average molecular weight is 368 g/mol. The van der Waals surface area contributed by atoms with Crippen LogP contribution in [0.1, 0.15) is 58.4 Å². The van der Waals surface area contributed by atoms with E-state index in [2.05, 4.69) is 4.98 Å². The molecule has 0 saturated carbocycles. The monoisotopic (exact) mass is 368 g/mol. The highest BCUT2D eigenvalue weighted by molar-refractivity contribution is 6.03. The summed E-state index contributed by atoms with van der Waals surface area (Å²) in [4.78, 5) is 41.9. The van der Waals surface area contributed by atoms with Crippen molar-refractivity contribution in [2.24, 2.45) is 0 Å². The second-order valence-corrected chi connectivity index (χ2v) is 7.12. The summed E-state index contributed by atoms with van der Waals surface area (Å²) in [5.41, 5.74) is 3.84. The fourth-order valence-corrected chi connectivity index (χ4v) is 3.85. The van der Waals surface area contributed by atoms with Gasteiger partial charge in [-0.1, -0.05) is 18.2 Å². The Hall–Kier alpha value is -2.89. The van der Waals surface area contributed by atoms with Crippen LogP contribution in [0, 0.1) is 13.8 Å². The van der Waals surface area contributed by atoms with Crippen molar-refractivity contribution in [3.8, 4) is 0 Å². The molecule has 0 aliphatic carbocycles. The van der Waals surface area contributed by atoms with Crippen LogP contribution >= 0.6 is 0 Å². The van der Waals surface area contributed by atoms with Crippen molar-refractivity contribution in [2.45, 2.75) is 53.2 Å². The van der Waals surface area contributed by atoms with Crippen molar-refractivity contribution in [3.63, 3.8) is 0 Å². The number of fused-ring (bicyclic) bond motifs is 1. The Labute approximate surface area is 158 Å². The number of aromatic nitrogens is 1. The number of anilines is 1. The molecule has 0 unspecified atom stereocenters. The van der Waals surface area contributed by atoms with Gasteiger partial charge in [0.25, 0.3) is 5.91 Å². The molecule has 1 aromatic heterocycles. The predicted molar refractivity (Wildman–Crippen MR) is 102 cm³/mol. The van der Waals surface area contributed by atoms with Crippen molar-refractivity contribution < 1.29 is 19.1 Å². The summed E-state index contributed by atoms with van der Waals surface area (Å²) >= 11 is 0. The molecule has 27 heavy (non-hydrogen) atoms. The normalized spacial score (nSPS) is 16.8. The zero-order valence-corrected chi connectivity index (χ0v) is 16.3. The molecule has 1 N–H and O–H groups in total. The minimum Gasteiger partial charge on any atom is -0.448 e. The maximum absolute atomic E-state index is 12.9. The number of ether oxygens (including phenoxy) is 1. The molecule has 142 valence electrons. The SMILES string of the molecule is CC(=O)c1c(C)[nH]c(C(=O)O[C@H](C)C(=O)N2c3ccccc3C[C@@H]2C)c1C. The number of benzene rings is 1. The standard InChI is InChI=1S/C21H24N2O4/c1-11-10-16-8-6-7-9-17(16)23(11)20(25)15(5)27-21(26)19-12(2)18(14(4)24)13(3)22-19/h6-9,11,15,22H,10H2,1-5H3/t11-,15+/m0/s1. The number of Topliss-reactive ketones (excluding diaryl/α,β-unsaturated/α-hetero) is 1. The minimum absolute atomic E-state index is 0.00911. The summed E-state index contributed by atoms with van der Waals surface area (Å²) < 4.78 is 5.43. The van der Waals surface area contributed by atoms with Gasteiger partial charge in [0.1, 0.15) is 5.69 Å². The van der Waals surface area contributed by atoms with Crippen molar-refractivity contribution in [1.29, 1.82) is 0 Å². The zero-order chi connectivity index (χ0) is 19.9. The second-order valence-electron chi connectivity index (χ2n) is 7.12. The molecule has 2 heterocycles. The third-order valence-corrected chi connectivity index (χ3v) is 5.07. The van der Waals surface area contributed by atoms with Crippen molar-refractivity contribution in [1.82, 2.24) is 4.98 Å². The fourth-order valence-electron chi connectivity index (χ4n) is 3.85. The van der Waals surface area contributed by atoms with E-state index in [1.165, 1.54) is 6.92 Å². The Balaban J connectivity index is 1.79. The number of carbonyl (C=O) groups excluding carboxylic acids is 3. The van der Waals surface area contributed by atoms with E-state index >= 15 is 0 Å². The summed E-state index contributed by atoms with van der Waals surface area (Å²) in [5, 5.41) is 0. The van der Waals surface area contributed by atoms with Crippen molar-refractivity contribution in [3.05, 3.63) is 52.3 Å². The van der Waals surface area contributed by atoms with Crippen LogP contribution in [0.2, 0.25) is 0 Å². The Morgan fingerprint density at radius 2 is 1.89 bits per heavy atom. The second kappa shape index (κ2) is 7.02. The molecule has 2 aromatic rings. The number of para-hydroxylation sites is 1. The predicted octanol–water partition coefficient (Wildman–Crippen LogP) is 3.36. The molecule has 0 fully saturated rings. The maximum atomic E-state index is 12.9. The number of ketones is 1. The number of carbonyl (C=O) groups is 3. The molecule has 1 amide bonds. The van der Waals surface area contributed by atoms with E-state index in [-0.39, 0.29) is 23.4 Å². The molecule has 0 spiro atoms. The Morgan fingerprint density at radius 3 is 2.52 bits per heavy atom. The number of aromatic amines is 1. The summed E-state index contributed by atoms with van der Waals surface area (Å²) in [6, 6.07) is 7.76. The summed E-state index contributed by atoms with van der Waals surface area (Å²) in [6.07, 6.45) is -0.158. The lowest BCUT2D eigenvalue weighted by molar-refractivity contribution is -0.126. The van der Waals surface area contributed by atoms with Gasteiger partial charge in [-0.05, 0) is 58.2 Å². The molecule has 6 nitrogen and oxygen atoms in total. The molecular weight excluding hydrogens is 344 g/mol. The van der Waals surface area contributed by atoms with E-state index in [1.54, 1.807) is 25.7 Å². The van der Waals surface area contributed by atoms with Gasteiger partial charge >= 0.3 is 5.97 Å². The Kier molecular flexibility index (Phi) is 4.91. The molecule has 3 rings (SSSR count). The van der Waals surface area contributed by atoms with E-state index in [4.69, 9.17) is 4.74 Å². The van der Waals surface area contributed by atoms with Crippen LogP contribution < -0.4 is 4.90 Å². The highest BCUT2D eigenvalue weighted by atomic mass is 16.5. The van der Waals surface area contributed by atoms with Gasteiger partial charge in [-0.2, -0.15) is 0 Å². The number of nitrogens with one attached hydrogen (secondary N) is 1. The third kappa shape index (κ3) is 3.27. The van der Waals surface area contributed by atoms with Crippen molar-refractivity contribution in [2.75, 3.05) is 4.90 Å². The molecular formula is C21H24N2O4. The van der Waals surface area contributed by atoms with Gasteiger partial charge in [-0.15, -0.1) is 0 Å². The highest BCUT2D eigenvalue weighted by Gasteiger charge is 2.35. The van der Waals surface area contributed by atoms with Crippen molar-refractivity contribution >= 4 is 23.3 Å². The van der Waals surface area contributed by atoms with Gasteiger partial charge in [0.2, 0.25) is 0 Å². The summed E-state index contributed by atoms with van der Waals surface area (Å²) in [5.74, 6) is -1.01. The zero-order valence-electron chi connectivity index (χ0n) is 16.3. The van der Waals surface area contributed by atoms with Gasteiger partial charge in [-0.25, -0.2) is 4.79 Å². The van der Waals surface area contributed by atoms with Gasteiger partial charge < -0.3 is 14.6 Å². The largest absolute Gasteiger partial charge is 0.448 e. The first-order valence-electron chi connectivity index (χ1n) is 9.04. The maximum Gasteiger partial charge on any atom is 0.355 e. The first-order valence-corrected chi connectivity index (χ1v) is 9.04. The number of hydrogen-bond donors (Lipinski definition) is 1. The molecule has 1 aliphatic rings. The van der Waals surface area contributed by atoms with Gasteiger partial charge in [0, 0.05) is 23.0 Å². The van der Waals surface area contributed by atoms with Crippen LogP contribution in [-0.4, -0.2) is 34.8 Å². The van der Waals surface area contributed by atoms with E-state index in [1.807, 2.05) is 31.2 Å². The van der Waals surface area contributed by atoms with Crippen LogP contribution in [0.4, 0.5) is 5.69 Å². The van der Waals surface area contributed by atoms with Crippen LogP contribution in [-0.2, 0) is 16.0 Å². The number of amides is 1. The van der Waals surface area contributed by atoms with Gasteiger partial charge in [-0.3, -0.25) is 9.59 Å². The fraction of sp³-hybridized carbons (Fsp3) is 0.381. The molecule has 0 bridgehead atoms. The molecule has 1 aromatic carbocycles. The number of aryl methyl sites for hydroxylation is 1. The molecule has 1 aliphatic heterocycles. The number of rotatable bonds is 4. The number of hydrogen-bond acceptors (Lipinski definition) is 4. The van der Waals surface area contributed by atoms with E-state index in [9.17, 15) is 14.4 Å². The molecule has 0 saturated heterocycles. The number of nitrogens with zero attached hydrogens (tertiary/aromatic N) is 1. The number of esters is 1. The van der Waals surface area contributed by atoms with Crippen LogP contribution in [0.5, 0.6) is 0 Å². The lowest BCUT2D eigenvalue weighted by atomic mass is 10.1. The molecule has 6 heteroatoms. The van der Waals surface area contributed by atoms with Crippen LogP contribution in [0.25, 0.3) is 0 Å².